The zero-order valence-electron chi connectivity index (χ0n) is 7.97. The first kappa shape index (κ1) is 9.92. The standard InChI is InChI=1S/C10H17NS/c1-9(2)7-12-10(8-11)5-3-4-6-10/h9H,3-7H2,1-2H3. The molecule has 68 valence electrons. The third-order valence-corrected chi connectivity index (χ3v) is 4.19. The zero-order chi connectivity index (χ0) is 9.03. The first-order chi connectivity index (χ1) is 5.68. The highest BCUT2D eigenvalue weighted by Crippen LogP contribution is 2.41. The van der Waals surface area contributed by atoms with Gasteiger partial charge in [-0.3, -0.25) is 0 Å². The molecule has 0 unspecified atom stereocenters. The molecule has 0 saturated heterocycles. The van der Waals surface area contributed by atoms with Crippen molar-refractivity contribution >= 4 is 11.8 Å². The van der Waals surface area contributed by atoms with Gasteiger partial charge in [-0.05, 0) is 24.5 Å². The molecule has 0 spiro atoms. The smallest absolute Gasteiger partial charge is 0.102 e. The van der Waals surface area contributed by atoms with E-state index in [1.54, 1.807) is 0 Å². The molecule has 1 nitrogen and oxygen atoms in total. The molecule has 0 amide bonds. The second kappa shape index (κ2) is 4.18. The van der Waals surface area contributed by atoms with Crippen LogP contribution in [0.1, 0.15) is 39.5 Å². The third kappa shape index (κ3) is 2.42. The van der Waals surface area contributed by atoms with Gasteiger partial charge in [-0.25, -0.2) is 0 Å². The quantitative estimate of drug-likeness (QED) is 0.671. The summed E-state index contributed by atoms with van der Waals surface area (Å²) in [6.07, 6.45) is 4.72. The van der Waals surface area contributed by atoms with Crippen molar-refractivity contribution in [3.63, 3.8) is 0 Å². The molecule has 1 aliphatic carbocycles. The molecule has 1 saturated carbocycles. The molecule has 0 N–H and O–H groups in total. The number of nitrogens with zero attached hydrogens (tertiary/aromatic N) is 1. The van der Waals surface area contributed by atoms with Crippen LogP contribution in [0.4, 0.5) is 0 Å². The molecular weight excluding hydrogens is 166 g/mol. The first-order valence-corrected chi connectivity index (χ1v) is 5.72. The summed E-state index contributed by atoms with van der Waals surface area (Å²) < 4.78 is -0.00965. The average Bonchev–Trinajstić information content (AvgIpc) is 2.50. The summed E-state index contributed by atoms with van der Waals surface area (Å²) in [7, 11) is 0. The molecule has 1 aliphatic rings. The Morgan fingerprint density at radius 2 is 2.00 bits per heavy atom. The van der Waals surface area contributed by atoms with E-state index >= 15 is 0 Å². The van der Waals surface area contributed by atoms with Gasteiger partial charge < -0.3 is 0 Å². The molecule has 0 aliphatic heterocycles. The highest BCUT2D eigenvalue weighted by Gasteiger charge is 2.34. The second-order valence-corrected chi connectivity index (χ2v) is 5.42. The number of thioether (sulfide) groups is 1. The molecule has 1 rings (SSSR count). The van der Waals surface area contributed by atoms with Crippen molar-refractivity contribution in [2.24, 2.45) is 5.92 Å². The summed E-state index contributed by atoms with van der Waals surface area (Å²) in [5.41, 5.74) is 0. The summed E-state index contributed by atoms with van der Waals surface area (Å²) in [5, 5.41) is 9.06. The molecule has 0 radical (unpaired) electrons. The van der Waals surface area contributed by atoms with Gasteiger partial charge in [-0.15, -0.1) is 11.8 Å². The molecular formula is C10H17NS. The number of hydrogen-bond donors (Lipinski definition) is 0. The van der Waals surface area contributed by atoms with Crippen LogP contribution in [0.3, 0.4) is 0 Å². The van der Waals surface area contributed by atoms with Crippen LogP contribution >= 0.6 is 11.8 Å². The SMILES string of the molecule is CC(C)CSC1(C#N)CCCC1. The summed E-state index contributed by atoms with van der Waals surface area (Å²) in [4.78, 5) is 0. The predicted molar refractivity (Wildman–Crippen MR) is 54.1 cm³/mol. The number of rotatable bonds is 3. The lowest BCUT2D eigenvalue weighted by atomic mass is 10.1. The van der Waals surface area contributed by atoms with Crippen LogP contribution in [0, 0.1) is 17.2 Å². The van der Waals surface area contributed by atoms with Crippen LogP contribution in [0.2, 0.25) is 0 Å². The summed E-state index contributed by atoms with van der Waals surface area (Å²) in [6.45, 7) is 4.43. The summed E-state index contributed by atoms with van der Waals surface area (Å²) >= 11 is 1.88. The van der Waals surface area contributed by atoms with Crippen LogP contribution in [-0.4, -0.2) is 10.5 Å². The Kier molecular flexibility index (Phi) is 3.46. The van der Waals surface area contributed by atoms with Gasteiger partial charge in [0.25, 0.3) is 0 Å². The van der Waals surface area contributed by atoms with Crippen molar-refractivity contribution in [2.45, 2.75) is 44.3 Å². The van der Waals surface area contributed by atoms with Gasteiger partial charge in [0.15, 0.2) is 0 Å². The average molecular weight is 183 g/mol. The fraction of sp³-hybridized carbons (Fsp3) is 0.900. The van der Waals surface area contributed by atoms with Crippen molar-refractivity contribution in [2.75, 3.05) is 5.75 Å². The molecule has 0 heterocycles. The van der Waals surface area contributed by atoms with E-state index < -0.39 is 0 Å². The lowest BCUT2D eigenvalue weighted by molar-refractivity contribution is 0.721. The Bertz CT molecular complexity index is 175. The van der Waals surface area contributed by atoms with Crippen LogP contribution in [0.15, 0.2) is 0 Å². The van der Waals surface area contributed by atoms with E-state index in [1.165, 1.54) is 12.8 Å². The van der Waals surface area contributed by atoms with Crippen molar-refractivity contribution in [1.29, 1.82) is 5.26 Å². The summed E-state index contributed by atoms with van der Waals surface area (Å²) in [6, 6.07) is 2.50. The topological polar surface area (TPSA) is 23.8 Å². The zero-order valence-corrected chi connectivity index (χ0v) is 8.78. The van der Waals surface area contributed by atoms with E-state index in [0.29, 0.717) is 5.92 Å². The van der Waals surface area contributed by atoms with Gasteiger partial charge in [0, 0.05) is 0 Å². The largest absolute Gasteiger partial charge is 0.197 e. The van der Waals surface area contributed by atoms with Gasteiger partial charge in [0.05, 0.1) is 6.07 Å². The monoisotopic (exact) mass is 183 g/mol. The maximum Gasteiger partial charge on any atom is 0.102 e. The first-order valence-electron chi connectivity index (χ1n) is 4.74. The van der Waals surface area contributed by atoms with Gasteiger partial charge >= 0.3 is 0 Å². The Labute approximate surface area is 79.5 Å². The molecule has 0 aromatic carbocycles. The molecule has 2 heteroatoms. The Morgan fingerprint density at radius 3 is 2.42 bits per heavy atom. The molecule has 0 bridgehead atoms. The lowest BCUT2D eigenvalue weighted by Crippen LogP contribution is -2.18. The minimum absolute atomic E-state index is 0.00965. The van der Waals surface area contributed by atoms with Crippen molar-refractivity contribution in [3.05, 3.63) is 0 Å². The van der Waals surface area contributed by atoms with Crippen molar-refractivity contribution in [1.82, 2.24) is 0 Å². The minimum Gasteiger partial charge on any atom is -0.197 e. The van der Waals surface area contributed by atoms with Crippen molar-refractivity contribution < 1.29 is 0 Å². The van der Waals surface area contributed by atoms with E-state index in [4.69, 9.17) is 5.26 Å². The molecule has 1 fully saturated rings. The molecule has 12 heavy (non-hydrogen) atoms. The van der Waals surface area contributed by atoms with E-state index in [0.717, 1.165) is 18.6 Å². The van der Waals surface area contributed by atoms with Crippen LogP contribution in [-0.2, 0) is 0 Å². The van der Waals surface area contributed by atoms with Crippen LogP contribution in [0.5, 0.6) is 0 Å². The molecule has 0 aromatic rings. The van der Waals surface area contributed by atoms with Gasteiger partial charge in [0.2, 0.25) is 0 Å². The van der Waals surface area contributed by atoms with E-state index in [2.05, 4.69) is 19.9 Å². The van der Waals surface area contributed by atoms with E-state index in [9.17, 15) is 0 Å². The number of hydrogen-bond acceptors (Lipinski definition) is 2. The minimum atomic E-state index is -0.00965. The van der Waals surface area contributed by atoms with Gasteiger partial charge in [-0.1, -0.05) is 26.7 Å². The van der Waals surface area contributed by atoms with Crippen LogP contribution < -0.4 is 0 Å². The van der Waals surface area contributed by atoms with E-state index in [1.807, 2.05) is 11.8 Å². The highest BCUT2D eigenvalue weighted by atomic mass is 32.2. The lowest BCUT2D eigenvalue weighted by Gasteiger charge is -2.20. The predicted octanol–water partition coefficient (Wildman–Crippen LogP) is 3.21. The van der Waals surface area contributed by atoms with Gasteiger partial charge in [0.1, 0.15) is 4.75 Å². The highest BCUT2D eigenvalue weighted by molar-refractivity contribution is 8.00. The Hall–Kier alpha value is -0.160. The fourth-order valence-electron chi connectivity index (χ4n) is 1.56. The molecule has 0 aromatic heterocycles. The Morgan fingerprint density at radius 1 is 1.42 bits per heavy atom. The van der Waals surface area contributed by atoms with E-state index in [-0.39, 0.29) is 4.75 Å². The second-order valence-electron chi connectivity index (χ2n) is 4.02. The summed E-state index contributed by atoms with van der Waals surface area (Å²) in [5.74, 6) is 1.84. The van der Waals surface area contributed by atoms with Crippen LogP contribution in [0.25, 0.3) is 0 Å². The maximum absolute atomic E-state index is 9.06. The third-order valence-electron chi connectivity index (χ3n) is 2.31. The van der Waals surface area contributed by atoms with Crippen molar-refractivity contribution in [3.8, 4) is 6.07 Å². The molecule has 0 atom stereocenters. The normalized spacial score (nSPS) is 21.2. The Balaban J connectivity index is 2.41. The fourth-order valence-corrected chi connectivity index (χ4v) is 2.85. The number of nitriles is 1. The van der Waals surface area contributed by atoms with Gasteiger partial charge in [-0.2, -0.15) is 5.26 Å². The maximum atomic E-state index is 9.06.